The number of benzene rings is 1. The number of anilines is 1. The summed E-state index contributed by atoms with van der Waals surface area (Å²) in [7, 11) is 0. The number of hydrogen-bond acceptors (Lipinski definition) is 4. The van der Waals surface area contributed by atoms with Gasteiger partial charge in [0.15, 0.2) is 5.13 Å². The summed E-state index contributed by atoms with van der Waals surface area (Å²) in [6.07, 6.45) is 7.50. The Morgan fingerprint density at radius 2 is 2.47 bits per heavy atom. The fourth-order valence-electron chi connectivity index (χ4n) is 2.44. The minimum absolute atomic E-state index is 0.369. The predicted molar refractivity (Wildman–Crippen MR) is 71.9 cm³/mol. The lowest BCUT2D eigenvalue weighted by atomic mass is 10.1. The summed E-state index contributed by atoms with van der Waals surface area (Å²) in [6, 6.07) is 4.74. The number of hydrogen-bond donors (Lipinski definition) is 2. The molecule has 4 heteroatoms. The number of nitrogens with two attached hydrogens (primary N) is 1. The Morgan fingerprint density at radius 3 is 3.29 bits per heavy atom. The third kappa shape index (κ3) is 1.78. The zero-order chi connectivity index (χ0) is 11.8. The van der Waals surface area contributed by atoms with Crippen LogP contribution in [0.3, 0.4) is 0 Å². The lowest BCUT2D eigenvalue weighted by Crippen LogP contribution is -2.19. The number of aromatic nitrogens is 1. The summed E-state index contributed by atoms with van der Waals surface area (Å²) in [4.78, 5) is 4.33. The second-order valence-electron chi connectivity index (χ2n) is 4.25. The number of thiazole rings is 1. The molecular formula is C13H13N3S. The van der Waals surface area contributed by atoms with Gasteiger partial charge in [-0.05, 0) is 36.1 Å². The summed E-state index contributed by atoms with van der Waals surface area (Å²) in [5.74, 6) is 2.62. The summed E-state index contributed by atoms with van der Waals surface area (Å²) < 4.78 is 1.18. The van der Waals surface area contributed by atoms with Gasteiger partial charge in [-0.2, -0.15) is 0 Å². The molecule has 0 amide bonds. The molecule has 1 aromatic heterocycles. The molecule has 2 aromatic rings. The van der Waals surface area contributed by atoms with Gasteiger partial charge in [0.05, 0.1) is 16.8 Å². The van der Waals surface area contributed by atoms with Crippen molar-refractivity contribution in [3.8, 4) is 12.3 Å². The standard InChI is InChI=1S/C13H13N3S/c1-2-5-15-10-4-3-8-6-12-11(7-9(8)10)16-13(14)17-12/h1,6-7,10,15H,3-5H2,(H2,14,16). The van der Waals surface area contributed by atoms with E-state index in [-0.39, 0.29) is 0 Å². The topological polar surface area (TPSA) is 50.9 Å². The van der Waals surface area contributed by atoms with Crippen LogP contribution >= 0.6 is 11.3 Å². The Hall–Kier alpha value is -1.57. The smallest absolute Gasteiger partial charge is 0.181 e. The second-order valence-corrected chi connectivity index (χ2v) is 5.31. The van der Waals surface area contributed by atoms with E-state index in [1.807, 2.05) is 0 Å². The van der Waals surface area contributed by atoms with Crippen molar-refractivity contribution in [1.82, 2.24) is 10.3 Å². The number of aryl methyl sites for hydroxylation is 1. The molecule has 3 rings (SSSR count). The van der Waals surface area contributed by atoms with Crippen LogP contribution in [0.5, 0.6) is 0 Å². The predicted octanol–water partition coefficient (Wildman–Crippen LogP) is 2.09. The Labute approximate surface area is 104 Å². The van der Waals surface area contributed by atoms with Gasteiger partial charge in [-0.1, -0.05) is 17.3 Å². The highest BCUT2D eigenvalue weighted by atomic mass is 32.1. The van der Waals surface area contributed by atoms with Crippen LogP contribution in [0.25, 0.3) is 10.2 Å². The van der Waals surface area contributed by atoms with Gasteiger partial charge in [-0.3, -0.25) is 5.32 Å². The Bertz CT molecular complexity index is 609. The van der Waals surface area contributed by atoms with Crippen molar-refractivity contribution in [2.75, 3.05) is 12.3 Å². The highest BCUT2D eigenvalue weighted by Gasteiger charge is 2.22. The van der Waals surface area contributed by atoms with Crippen molar-refractivity contribution in [3.05, 3.63) is 23.3 Å². The maximum absolute atomic E-state index is 5.73. The van der Waals surface area contributed by atoms with Gasteiger partial charge in [0, 0.05) is 6.04 Å². The highest BCUT2D eigenvalue weighted by molar-refractivity contribution is 7.22. The van der Waals surface area contributed by atoms with Crippen LogP contribution in [-0.2, 0) is 6.42 Å². The van der Waals surface area contributed by atoms with E-state index in [1.54, 1.807) is 11.3 Å². The molecule has 17 heavy (non-hydrogen) atoms. The highest BCUT2D eigenvalue weighted by Crippen LogP contribution is 2.36. The monoisotopic (exact) mass is 243 g/mol. The number of nitrogens with zero attached hydrogens (tertiary/aromatic N) is 1. The van der Waals surface area contributed by atoms with Crippen molar-refractivity contribution in [2.24, 2.45) is 0 Å². The van der Waals surface area contributed by atoms with Gasteiger partial charge in [0.2, 0.25) is 0 Å². The van der Waals surface area contributed by atoms with Crippen LogP contribution in [0.1, 0.15) is 23.6 Å². The molecule has 86 valence electrons. The lowest BCUT2D eigenvalue weighted by Gasteiger charge is -2.11. The molecule has 3 N–H and O–H groups in total. The maximum atomic E-state index is 5.73. The third-order valence-electron chi connectivity index (χ3n) is 3.19. The fourth-order valence-corrected chi connectivity index (χ4v) is 3.22. The zero-order valence-corrected chi connectivity index (χ0v) is 10.2. The summed E-state index contributed by atoms with van der Waals surface area (Å²) in [5, 5.41) is 4.00. The maximum Gasteiger partial charge on any atom is 0.181 e. The van der Waals surface area contributed by atoms with Crippen molar-refractivity contribution in [2.45, 2.75) is 18.9 Å². The molecule has 0 fully saturated rings. The zero-order valence-electron chi connectivity index (χ0n) is 9.36. The van der Waals surface area contributed by atoms with E-state index in [9.17, 15) is 0 Å². The van der Waals surface area contributed by atoms with E-state index in [0.717, 1.165) is 18.4 Å². The Balaban J connectivity index is 2.02. The molecule has 1 unspecified atom stereocenters. The number of terminal acetylenes is 1. The molecule has 1 aliphatic rings. The molecule has 0 spiro atoms. The largest absolute Gasteiger partial charge is 0.375 e. The molecule has 0 bridgehead atoms. The van der Waals surface area contributed by atoms with Crippen molar-refractivity contribution in [1.29, 1.82) is 0 Å². The van der Waals surface area contributed by atoms with Gasteiger partial charge in [-0.25, -0.2) is 4.98 Å². The van der Waals surface area contributed by atoms with Crippen LogP contribution in [0.15, 0.2) is 12.1 Å². The van der Waals surface area contributed by atoms with Crippen LogP contribution in [-0.4, -0.2) is 11.5 Å². The number of nitrogens with one attached hydrogen (secondary N) is 1. The lowest BCUT2D eigenvalue weighted by molar-refractivity contribution is 0.568. The van der Waals surface area contributed by atoms with E-state index in [0.29, 0.717) is 17.7 Å². The van der Waals surface area contributed by atoms with Gasteiger partial charge < -0.3 is 5.73 Å². The first-order chi connectivity index (χ1) is 8.28. The van der Waals surface area contributed by atoms with Crippen molar-refractivity contribution >= 4 is 26.7 Å². The number of rotatable bonds is 2. The SMILES string of the molecule is C#CCNC1CCc2cc3sc(N)nc3cc21. The summed E-state index contributed by atoms with van der Waals surface area (Å²) >= 11 is 1.55. The minimum atomic E-state index is 0.369. The van der Waals surface area contributed by atoms with Crippen LogP contribution < -0.4 is 11.1 Å². The average Bonchev–Trinajstić information content (AvgIpc) is 2.85. The van der Waals surface area contributed by atoms with Gasteiger partial charge in [0.1, 0.15) is 0 Å². The van der Waals surface area contributed by atoms with Gasteiger partial charge in [-0.15, -0.1) is 6.42 Å². The summed E-state index contributed by atoms with van der Waals surface area (Å²) in [5.41, 5.74) is 9.46. The van der Waals surface area contributed by atoms with E-state index < -0.39 is 0 Å². The van der Waals surface area contributed by atoms with E-state index >= 15 is 0 Å². The minimum Gasteiger partial charge on any atom is -0.375 e. The molecule has 0 radical (unpaired) electrons. The Morgan fingerprint density at radius 1 is 1.59 bits per heavy atom. The van der Waals surface area contributed by atoms with E-state index in [1.165, 1.54) is 15.8 Å². The first-order valence-electron chi connectivity index (χ1n) is 5.63. The average molecular weight is 243 g/mol. The molecule has 0 saturated carbocycles. The first kappa shape index (κ1) is 10.6. The molecular weight excluding hydrogens is 230 g/mol. The molecule has 0 saturated heterocycles. The van der Waals surface area contributed by atoms with Crippen molar-refractivity contribution < 1.29 is 0 Å². The summed E-state index contributed by atoms with van der Waals surface area (Å²) in [6.45, 7) is 0.612. The third-order valence-corrected chi connectivity index (χ3v) is 4.04. The van der Waals surface area contributed by atoms with Crippen LogP contribution in [0.2, 0.25) is 0 Å². The number of fused-ring (bicyclic) bond motifs is 2. The van der Waals surface area contributed by atoms with Gasteiger partial charge >= 0.3 is 0 Å². The first-order valence-corrected chi connectivity index (χ1v) is 6.45. The van der Waals surface area contributed by atoms with E-state index in [4.69, 9.17) is 12.2 Å². The fraction of sp³-hybridized carbons (Fsp3) is 0.308. The molecule has 1 heterocycles. The van der Waals surface area contributed by atoms with Crippen LogP contribution in [0.4, 0.5) is 5.13 Å². The normalized spacial score (nSPS) is 18.2. The molecule has 0 aliphatic heterocycles. The van der Waals surface area contributed by atoms with Gasteiger partial charge in [0.25, 0.3) is 0 Å². The molecule has 1 atom stereocenters. The molecule has 1 aliphatic carbocycles. The second kappa shape index (κ2) is 4.02. The Kier molecular flexibility index (Phi) is 2.50. The van der Waals surface area contributed by atoms with E-state index in [2.05, 4.69) is 28.4 Å². The molecule has 3 nitrogen and oxygen atoms in total. The molecule has 1 aromatic carbocycles. The van der Waals surface area contributed by atoms with Crippen molar-refractivity contribution in [3.63, 3.8) is 0 Å². The number of nitrogen functional groups attached to an aromatic ring is 1. The van der Waals surface area contributed by atoms with Crippen LogP contribution in [0, 0.1) is 12.3 Å². The quantitative estimate of drug-likeness (QED) is 0.794.